The quantitative estimate of drug-likeness (QED) is 0.910. The van der Waals surface area contributed by atoms with E-state index in [1.165, 1.54) is 0 Å². The van der Waals surface area contributed by atoms with Gasteiger partial charge in [0.15, 0.2) is 5.15 Å². The molecule has 4 nitrogen and oxygen atoms in total. The molecule has 0 atom stereocenters. The fourth-order valence-electron chi connectivity index (χ4n) is 1.77. The highest BCUT2D eigenvalue weighted by atomic mass is 35.5. The lowest BCUT2D eigenvalue weighted by molar-refractivity contribution is 0.415. The van der Waals surface area contributed by atoms with E-state index in [2.05, 4.69) is 4.98 Å². The Bertz CT molecular complexity index is 537. The smallest absolute Gasteiger partial charge is 0.155 e. The van der Waals surface area contributed by atoms with E-state index < -0.39 is 0 Å². The predicted octanol–water partition coefficient (Wildman–Crippen LogP) is 2.21. The Labute approximate surface area is 105 Å². The number of imidazole rings is 1. The summed E-state index contributed by atoms with van der Waals surface area (Å²) in [5, 5.41) is 0.459. The molecule has 0 spiro atoms. The van der Waals surface area contributed by atoms with Gasteiger partial charge in [0.25, 0.3) is 0 Å². The first-order valence-electron chi connectivity index (χ1n) is 5.23. The van der Waals surface area contributed by atoms with Gasteiger partial charge < -0.3 is 15.0 Å². The first kappa shape index (κ1) is 12.0. The molecule has 0 amide bonds. The second-order valence-corrected chi connectivity index (χ2v) is 4.02. The molecular formula is C12H14ClN3O. The van der Waals surface area contributed by atoms with E-state index in [9.17, 15) is 0 Å². The molecule has 0 unspecified atom stereocenters. The first-order chi connectivity index (χ1) is 8.17. The predicted molar refractivity (Wildman–Crippen MR) is 68.1 cm³/mol. The third-order valence-corrected chi connectivity index (χ3v) is 2.93. The summed E-state index contributed by atoms with van der Waals surface area (Å²) in [7, 11) is 3.53. The Hall–Kier alpha value is -1.52. The van der Waals surface area contributed by atoms with Crippen LogP contribution in [-0.4, -0.2) is 16.7 Å². The number of ether oxygens (including phenoxy) is 1. The molecule has 2 N–H and O–H groups in total. The van der Waals surface area contributed by atoms with Crippen molar-refractivity contribution in [3.8, 4) is 17.0 Å². The van der Waals surface area contributed by atoms with Crippen molar-refractivity contribution in [3.05, 3.63) is 35.2 Å². The Balaban J connectivity index is 2.55. The molecular weight excluding hydrogens is 238 g/mol. The lowest BCUT2D eigenvalue weighted by Crippen LogP contribution is -2.05. The van der Waals surface area contributed by atoms with Crippen LogP contribution in [0.2, 0.25) is 5.15 Å². The molecule has 1 aromatic carbocycles. The fraction of sp³-hybridized carbons (Fsp3) is 0.250. The summed E-state index contributed by atoms with van der Waals surface area (Å²) in [5.41, 5.74) is 7.42. The van der Waals surface area contributed by atoms with E-state index in [1.54, 1.807) is 7.11 Å². The van der Waals surface area contributed by atoms with Crippen molar-refractivity contribution in [2.75, 3.05) is 7.11 Å². The van der Waals surface area contributed by atoms with Crippen molar-refractivity contribution in [1.29, 1.82) is 0 Å². The SMILES string of the molecule is COc1cccc(-c2c(Cl)nc(CN)n2C)c1. The molecule has 0 fully saturated rings. The van der Waals surface area contributed by atoms with E-state index in [0.717, 1.165) is 22.8 Å². The van der Waals surface area contributed by atoms with Crippen molar-refractivity contribution < 1.29 is 4.74 Å². The average molecular weight is 252 g/mol. The van der Waals surface area contributed by atoms with Crippen molar-refractivity contribution in [2.24, 2.45) is 12.8 Å². The lowest BCUT2D eigenvalue weighted by atomic mass is 10.1. The highest BCUT2D eigenvalue weighted by Crippen LogP contribution is 2.30. The third kappa shape index (κ3) is 2.14. The number of hydrogen-bond acceptors (Lipinski definition) is 3. The molecule has 0 aliphatic heterocycles. The van der Waals surface area contributed by atoms with Gasteiger partial charge in [-0.3, -0.25) is 0 Å². The molecule has 0 aliphatic carbocycles. The van der Waals surface area contributed by atoms with E-state index in [4.69, 9.17) is 22.1 Å². The van der Waals surface area contributed by atoms with Gasteiger partial charge in [0.05, 0.1) is 19.3 Å². The molecule has 90 valence electrons. The summed E-state index contributed by atoms with van der Waals surface area (Å²) < 4.78 is 7.09. The number of halogens is 1. The normalized spacial score (nSPS) is 10.6. The van der Waals surface area contributed by atoms with Crippen LogP contribution < -0.4 is 10.5 Å². The van der Waals surface area contributed by atoms with Crippen LogP contribution in [0, 0.1) is 0 Å². The molecule has 1 heterocycles. The number of benzene rings is 1. The van der Waals surface area contributed by atoms with Gasteiger partial charge in [0.1, 0.15) is 11.6 Å². The van der Waals surface area contributed by atoms with Crippen LogP contribution in [0.1, 0.15) is 5.82 Å². The van der Waals surface area contributed by atoms with E-state index >= 15 is 0 Å². The Kier molecular flexibility index (Phi) is 3.36. The molecule has 0 saturated carbocycles. The molecule has 2 aromatic rings. The Morgan fingerprint density at radius 1 is 1.47 bits per heavy atom. The molecule has 1 aromatic heterocycles. The second-order valence-electron chi connectivity index (χ2n) is 3.66. The van der Waals surface area contributed by atoms with Crippen LogP contribution in [0.5, 0.6) is 5.75 Å². The molecule has 0 bridgehead atoms. The molecule has 0 aliphatic rings. The largest absolute Gasteiger partial charge is 0.497 e. The molecule has 2 rings (SSSR count). The average Bonchev–Trinajstić information content (AvgIpc) is 2.64. The maximum Gasteiger partial charge on any atom is 0.155 e. The highest BCUT2D eigenvalue weighted by Gasteiger charge is 2.14. The van der Waals surface area contributed by atoms with Gasteiger partial charge in [0.2, 0.25) is 0 Å². The van der Waals surface area contributed by atoms with Crippen LogP contribution in [0.4, 0.5) is 0 Å². The number of methoxy groups -OCH3 is 1. The van der Waals surface area contributed by atoms with Crippen molar-refractivity contribution in [2.45, 2.75) is 6.54 Å². The summed E-state index contributed by atoms with van der Waals surface area (Å²) in [6, 6.07) is 7.69. The van der Waals surface area contributed by atoms with Gasteiger partial charge in [0, 0.05) is 12.6 Å². The van der Waals surface area contributed by atoms with Gasteiger partial charge in [-0.2, -0.15) is 0 Å². The third-order valence-electron chi connectivity index (χ3n) is 2.67. The van der Waals surface area contributed by atoms with Crippen molar-refractivity contribution in [3.63, 3.8) is 0 Å². The van der Waals surface area contributed by atoms with E-state index in [1.807, 2.05) is 35.9 Å². The second kappa shape index (κ2) is 4.77. The van der Waals surface area contributed by atoms with Gasteiger partial charge >= 0.3 is 0 Å². The summed E-state index contributed by atoms with van der Waals surface area (Å²) >= 11 is 6.13. The maximum absolute atomic E-state index is 6.13. The van der Waals surface area contributed by atoms with Crippen LogP contribution in [-0.2, 0) is 13.6 Å². The van der Waals surface area contributed by atoms with Crippen LogP contribution in [0.3, 0.4) is 0 Å². The van der Waals surface area contributed by atoms with Crippen LogP contribution in [0.15, 0.2) is 24.3 Å². The zero-order valence-corrected chi connectivity index (χ0v) is 10.5. The molecule has 17 heavy (non-hydrogen) atoms. The number of aromatic nitrogens is 2. The zero-order valence-electron chi connectivity index (χ0n) is 9.77. The van der Waals surface area contributed by atoms with E-state index in [-0.39, 0.29) is 0 Å². The van der Waals surface area contributed by atoms with Gasteiger partial charge in [-0.05, 0) is 12.1 Å². The minimum Gasteiger partial charge on any atom is -0.497 e. The first-order valence-corrected chi connectivity index (χ1v) is 5.60. The molecule has 5 heteroatoms. The number of rotatable bonds is 3. The molecule has 0 saturated heterocycles. The minimum absolute atomic E-state index is 0.361. The van der Waals surface area contributed by atoms with E-state index in [0.29, 0.717) is 11.7 Å². The monoisotopic (exact) mass is 251 g/mol. The number of nitrogens with zero attached hydrogens (tertiary/aromatic N) is 2. The Morgan fingerprint density at radius 2 is 2.24 bits per heavy atom. The van der Waals surface area contributed by atoms with Gasteiger partial charge in [-0.15, -0.1) is 0 Å². The van der Waals surface area contributed by atoms with Crippen LogP contribution in [0.25, 0.3) is 11.3 Å². The van der Waals surface area contributed by atoms with Crippen molar-refractivity contribution in [1.82, 2.24) is 9.55 Å². The number of nitrogens with two attached hydrogens (primary N) is 1. The molecule has 0 radical (unpaired) electrons. The summed E-state index contributed by atoms with van der Waals surface area (Å²) in [6.07, 6.45) is 0. The van der Waals surface area contributed by atoms with Gasteiger partial charge in [-0.25, -0.2) is 4.98 Å². The Morgan fingerprint density at radius 3 is 2.82 bits per heavy atom. The van der Waals surface area contributed by atoms with Crippen molar-refractivity contribution >= 4 is 11.6 Å². The lowest BCUT2D eigenvalue weighted by Gasteiger charge is -2.07. The highest BCUT2D eigenvalue weighted by molar-refractivity contribution is 6.32. The van der Waals surface area contributed by atoms with Gasteiger partial charge in [-0.1, -0.05) is 23.7 Å². The standard InChI is InChI=1S/C12H14ClN3O/c1-16-10(7-14)15-12(13)11(16)8-4-3-5-9(6-8)17-2/h3-6H,7,14H2,1-2H3. The number of hydrogen-bond donors (Lipinski definition) is 1. The fourth-order valence-corrected chi connectivity index (χ4v) is 2.11. The summed E-state index contributed by atoms with van der Waals surface area (Å²) in [6.45, 7) is 0.361. The topological polar surface area (TPSA) is 53.1 Å². The summed E-state index contributed by atoms with van der Waals surface area (Å²) in [5.74, 6) is 1.54. The van der Waals surface area contributed by atoms with Crippen LogP contribution >= 0.6 is 11.6 Å². The maximum atomic E-state index is 6.13. The summed E-state index contributed by atoms with van der Waals surface area (Å²) in [4.78, 5) is 4.22. The zero-order chi connectivity index (χ0) is 12.4. The minimum atomic E-state index is 0.361.